The van der Waals surface area contributed by atoms with Crippen molar-refractivity contribution in [3.05, 3.63) is 52.8 Å². The summed E-state index contributed by atoms with van der Waals surface area (Å²) in [7, 11) is 0. The van der Waals surface area contributed by atoms with E-state index < -0.39 is 6.10 Å². The number of hydrogen-bond acceptors (Lipinski definition) is 4. The number of aliphatic hydroxyl groups is 1. The number of aromatic nitrogens is 1. The first kappa shape index (κ1) is 14.6. The van der Waals surface area contributed by atoms with Gasteiger partial charge in [-0.2, -0.15) is 0 Å². The molecular weight excluding hydrogens is 276 g/mol. The molecule has 106 valence electrons. The fourth-order valence-electron chi connectivity index (χ4n) is 1.90. The van der Waals surface area contributed by atoms with Gasteiger partial charge in [-0.1, -0.05) is 17.7 Å². The minimum absolute atomic E-state index is 0.0461. The summed E-state index contributed by atoms with van der Waals surface area (Å²) in [5, 5.41) is 10.9. The van der Waals surface area contributed by atoms with E-state index in [2.05, 4.69) is 4.98 Å². The zero-order valence-corrected chi connectivity index (χ0v) is 12.1. The Morgan fingerprint density at radius 2 is 2.00 bits per heavy atom. The molecule has 2 aromatic rings. The predicted octanol–water partition coefficient (Wildman–Crippen LogP) is 3.19. The van der Waals surface area contributed by atoms with Crippen molar-refractivity contribution >= 4 is 17.3 Å². The molecule has 3 N–H and O–H groups in total. The van der Waals surface area contributed by atoms with Gasteiger partial charge in [0.1, 0.15) is 11.9 Å². The van der Waals surface area contributed by atoms with Crippen molar-refractivity contribution in [2.24, 2.45) is 0 Å². The smallest absolute Gasteiger partial charge is 0.138 e. The van der Waals surface area contributed by atoms with Crippen LogP contribution < -0.4 is 10.5 Å². The molecule has 0 saturated carbocycles. The summed E-state index contributed by atoms with van der Waals surface area (Å²) < 4.78 is 5.56. The van der Waals surface area contributed by atoms with Crippen molar-refractivity contribution in [2.45, 2.75) is 26.1 Å². The summed E-state index contributed by atoms with van der Waals surface area (Å²) in [6.07, 6.45) is 2.38. The van der Waals surface area contributed by atoms with Gasteiger partial charge in [0.2, 0.25) is 0 Å². The number of ether oxygens (including phenoxy) is 1. The number of halogens is 1. The molecule has 2 rings (SSSR count). The molecule has 1 atom stereocenters. The maximum atomic E-state index is 10.4. The third kappa shape index (κ3) is 3.40. The molecule has 1 heterocycles. The first-order valence-electron chi connectivity index (χ1n) is 6.32. The number of nitrogen functional groups attached to an aromatic ring is 1. The monoisotopic (exact) mass is 292 g/mol. The Morgan fingerprint density at radius 3 is 2.65 bits per heavy atom. The standard InChI is InChI=1S/C15H17ClN2O2/c1-9(2)20-12-5-10(7-18-8-12)15(19)13-4-3-11(16)6-14(13)17/h3-9,15,19H,17H2,1-2H3. The molecule has 20 heavy (non-hydrogen) atoms. The van der Waals surface area contributed by atoms with E-state index in [1.54, 1.807) is 36.7 Å². The number of nitrogens with two attached hydrogens (primary N) is 1. The van der Waals surface area contributed by atoms with E-state index >= 15 is 0 Å². The van der Waals surface area contributed by atoms with Crippen LogP contribution in [0.3, 0.4) is 0 Å². The van der Waals surface area contributed by atoms with Crippen molar-refractivity contribution in [3.8, 4) is 5.75 Å². The van der Waals surface area contributed by atoms with Gasteiger partial charge < -0.3 is 15.6 Å². The summed E-state index contributed by atoms with van der Waals surface area (Å²) in [5.74, 6) is 0.615. The summed E-state index contributed by atoms with van der Waals surface area (Å²) in [5.41, 5.74) is 7.54. The van der Waals surface area contributed by atoms with Gasteiger partial charge in [-0.3, -0.25) is 4.98 Å². The van der Waals surface area contributed by atoms with Crippen LogP contribution in [-0.4, -0.2) is 16.2 Å². The van der Waals surface area contributed by atoms with Crippen LogP contribution in [0.4, 0.5) is 5.69 Å². The molecular formula is C15H17ClN2O2. The van der Waals surface area contributed by atoms with Crippen LogP contribution in [0.25, 0.3) is 0 Å². The van der Waals surface area contributed by atoms with E-state index in [1.807, 2.05) is 13.8 Å². The second-order valence-corrected chi connectivity index (χ2v) is 5.23. The van der Waals surface area contributed by atoms with E-state index in [0.717, 1.165) is 0 Å². The number of nitrogens with zero attached hydrogens (tertiary/aromatic N) is 1. The van der Waals surface area contributed by atoms with Crippen LogP contribution in [0.15, 0.2) is 36.7 Å². The van der Waals surface area contributed by atoms with Gasteiger partial charge in [0.15, 0.2) is 0 Å². The Labute approximate surface area is 123 Å². The molecule has 0 spiro atoms. The highest BCUT2D eigenvalue weighted by molar-refractivity contribution is 6.30. The Bertz CT molecular complexity index is 602. The maximum Gasteiger partial charge on any atom is 0.138 e. The third-order valence-corrected chi connectivity index (χ3v) is 3.00. The lowest BCUT2D eigenvalue weighted by atomic mass is 10.0. The van der Waals surface area contributed by atoms with E-state index in [9.17, 15) is 5.11 Å². The quantitative estimate of drug-likeness (QED) is 0.849. The molecule has 1 aromatic carbocycles. The topological polar surface area (TPSA) is 68.4 Å². The average molecular weight is 293 g/mol. The fourth-order valence-corrected chi connectivity index (χ4v) is 2.08. The van der Waals surface area contributed by atoms with Crippen molar-refractivity contribution in [1.29, 1.82) is 0 Å². The molecule has 0 radical (unpaired) electrons. The molecule has 1 unspecified atom stereocenters. The lowest BCUT2D eigenvalue weighted by Gasteiger charge is -2.15. The number of benzene rings is 1. The summed E-state index contributed by atoms with van der Waals surface area (Å²) >= 11 is 5.86. The molecule has 0 bridgehead atoms. The van der Waals surface area contributed by atoms with Gasteiger partial charge in [-0.25, -0.2) is 0 Å². The lowest BCUT2D eigenvalue weighted by Crippen LogP contribution is -2.08. The SMILES string of the molecule is CC(C)Oc1cncc(C(O)c2ccc(Cl)cc2N)c1. The molecule has 4 nitrogen and oxygen atoms in total. The largest absolute Gasteiger partial charge is 0.489 e. The normalized spacial score (nSPS) is 12.4. The molecule has 1 aromatic heterocycles. The first-order chi connectivity index (χ1) is 9.47. The van der Waals surface area contributed by atoms with Crippen molar-refractivity contribution < 1.29 is 9.84 Å². The minimum atomic E-state index is -0.865. The molecule has 0 saturated heterocycles. The Morgan fingerprint density at radius 1 is 1.25 bits per heavy atom. The zero-order valence-electron chi connectivity index (χ0n) is 11.4. The molecule has 0 fully saturated rings. The number of rotatable bonds is 4. The van der Waals surface area contributed by atoms with Gasteiger partial charge in [0.05, 0.1) is 12.3 Å². The van der Waals surface area contributed by atoms with Crippen LogP contribution in [0.1, 0.15) is 31.1 Å². The number of aliphatic hydroxyl groups excluding tert-OH is 1. The fraction of sp³-hybridized carbons (Fsp3) is 0.267. The average Bonchev–Trinajstić information content (AvgIpc) is 2.37. The van der Waals surface area contributed by atoms with E-state index in [-0.39, 0.29) is 6.10 Å². The maximum absolute atomic E-state index is 10.4. The van der Waals surface area contributed by atoms with Crippen LogP contribution in [0.2, 0.25) is 5.02 Å². The Kier molecular flexibility index (Phi) is 4.47. The van der Waals surface area contributed by atoms with Crippen molar-refractivity contribution in [1.82, 2.24) is 4.98 Å². The Balaban J connectivity index is 2.30. The van der Waals surface area contributed by atoms with Gasteiger partial charge in [-0.05, 0) is 32.0 Å². The highest BCUT2D eigenvalue weighted by Crippen LogP contribution is 2.29. The van der Waals surface area contributed by atoms with Crippen LogP contribution in [0, 0.1) is 0 Å². The second kappa shape index (κ2) is 6.11. The van der Waals surface area contributed by atoms with Gasteiger partial charge in [0.25, 0.3) is 0 Å². The summed E-state index contributed by atoms with van der Waals surface area (Å²) in [4.78, 5) is 4.08. The first-order valence-corrected chi connectivity index (χ1v) is 6.69. The number of anilines is 1. The molecule has 0 amide bonds. The summed E-state index contributed by atoms with van der Waals surface area (Å²) in [6.45, 7) is 3.86. The van der Waals surface area contributed by atoms with Gasteiger partial charge in [-0.15, -0.1) is 0 Å². The highest BCUT2D eigenvalue weighted by atomic mass is 35.5. The van der Waals surface area contributed by atoms with Crippen LogP contribution >= 0.6 is 11.6 Å². The van der Waals surface area contributed by atoms with Crippen molar-refractivity contribution in [2.75, 3.05) is 5.73 Å². The third-order valence-electron chi connectivity index (χ3n) is 2.77. The Hall–Kier alpha value is -1.78. The van der Waals surface area contributed by atoms with E-state index in [1.165, 1.54) is 0 Å². The molecule has 0 aliphatic carbocycles. The van der Waals surface area contributed by atoms with Gasteiger partial charge in [0, 0.05) is 28.0 Å². The minimum Gasteiger partial charge on any atom is -0.489 e. The lowest BCUT2D eigenvalue weighted by molar-refractivity contribution is 0.216. The molecule has 5 heteroatoms. The van der Waals surface area contributed by atoms with E-state index in [4.69, 9.17) is 22.1 Å². The van der Waals surface area contributed by atoms with Gasteiger partial charge >= 0.3 is 0 Å². The number of pyridine rings is 1. The molecule has 0 aliphatic rings. The zero-order chi connectivity index (χ0) is 14.7. The molecule has 0 aliphatic heterocycles. The summed E-state index contributed by atoms with van der Waals surface area (Å²) in [6, 6.07) is 6.77. The van der Waals surface area contributed by atoms with Crippen molar-refractivity contribution in [3.63, 3.8) is 0 Å². The highest BCUT2D eigenvalue weighted by Gasteiger charge is 2.15. The predicted molar refractivity (Wildman–Crippen MR) is 79.9 cm³/mol. The van der Waals surface area contributed by atoms with E-state index in [0.29, 0.717) is 27.6 Å². The number of hydrogen-bond donors (Lipinski definition) is 2. The van der Waals surface area contributed by atoms with Crippen LogP contribution in [-0.2, 0) is 0 Å². The van der Waals surface area contributed by atoms with Crippen LogP contribution in [0.5, 0.6) is 5.75 Å². The second-order valence-electron chi connectivity index (χ2n) is 4.80.